The quantitative estimate of drug-likeness (QED) is 0.309. The summed E-state index contributed by atoms with van der Waals surface area (Å²) in [5.74, 6) is -3.77. The highest BCUT2D eigenvalue weighted by atomic mass is 32.2. The first kappa shape index (κ1) is 19.3. The first-order chi connectivity index (χ1) is 12.0. The van der Waals surface area contributed by atoms with Crippen molar-refractivity contribution in [2.75, 3.05) is 11.5 Å². The molecule has 0 aliphatic heterocycles. The molecule has 0 fully saturated rings. The number of nitrogens with zero attached hydrogens (tertiary/aromatic N) is 3. The lowest BCUT2D eigenvalue weighted by atomic mass is 10.1. The van der Waals surface area contributed by atoms with Gasteiger partial charge in [0.15, 0.2) is 22.6 Å². The molecule has 2 aromatic rings. The lowest BCUT2D eigenvalue weighted by Crippen LogP contribution is -2.05. The summed E-state index contributed by atoms with van der Waals surface area (Å²) in [4.78, 5) is 7.83. The molecule has 0 unspecified atom stereocenters. The summed E-state index contributed by atoms with van der Waals surface area (Å²) in [5.41, 5.74) is 4.13. The van der Waals surface area contributed by atoms with Gasteiger partial charge in [-0.1, -0.05) is 50.8 Å². The molecule has 0 radical (unpaired) electrons. The van der Waals surface area contributed by atoms with Crippen molar-refractivity contribution < 1.29 is 13.2 Å². The zero-order valence-electron chi connectivity index (χ0n) is 13.9. The highest BCUT2D eigenvalue weighted by Crippen LogP contribution is 2.31. The summed E-state index contributed by atoms with van der Waals surface area (Å²) in [5, 5.41) is 8.48. The van der Waals surface area contributed by atoms with Crippen molar-refractivity contribution in [3.63, 3.8) is 0 Å². The zero-order chi connectivity index (χ0) is 18.4. The number of nitrogen functional groups attached to an aromatic ring is 1. The van der Waals surface area contributed by atoms with E-state index < -0.39 is 33.9 Å². The van der Waals surface area contributed by atoms with Gasteiger partial charge in [0, 0.05) is 5.75 Å². The number of thioether (sulfide) groups is 1. The van der Waals surface area contributed by atoms with Crippen molar-refractivity contribution in [3.05, 3.63) is 23.0 Å². The van der Waals surface area contributed by atoms with Gasteiger partial charge in [0.05, 0.1) is 5.39 Å². The molecule has 0 amide bonds. The fourth-order valence-corrected chi connectivity index (χ4v) is 3.33. The summed E-state index contributed by atoms with van der Waals surface area (Å²) in [6.45, 7) is 2.15. The van der Waals surface area contributed by atoms with Crippen LogP contribution in [0.15, 0.2) is 5.16 Å². The van der Waals surface area contributed by atoms with Crippen LogP contribution < -0.4 is 5.73 Å². The molecule has 0 aliphatic carbocycles. The summed E-state index contributed by atoms with van der Waals surface area (Å²) in [6.07, 6.45) is 6.76. The molecule has 0 aliphatic rings. The second-order valence-corrected chi connectivity index (χ2v) is 6.72. The Morgan fingerprint density at radius 1 is 1.00 bits per heavy atom. The normalized spacial score (nSPS) is 11.0. The first-order valence-corrected chi connectivity index (χ1v) is 9.16. The minimum atomic E-state index is -1.56. The standard InChI is InChI=1S/C17H19F3N4S/c1-2-3-4-5-6-7-8-25-17-23-15-11(16(22)24-17)12(18)10(9-21)13(19)14(15)20/h2-8H2,1H3,(H2,22,23,24). The number of nitrogens with two attached hydrogens (primary N) is 1. The summed E-state index contributed by atoms with van der Waals surface area (Å²) in [7, 11) is 0. The predicted octanol–water partition coefficient (Wildman–Crippen LogP) is 4.95. The number of rotatable bonds is 8. The van der Waals surface area contributed by atoms with Gasteiger partial charge in [0.2, 0.25) is 0 Å². The Morgan fingerprint density at radius 2 is 1.68 bits per heavy atom. The Kier molecular flexibility index (Phi) is 6.88. The van der Waals surface area contributed by atoms with Gasteiger partial charge in [0.25, 0.3) is 0 Å². The number of hydrogen-bond donors (Lipinski definition) is 1. The lowest BCUT2D eigenvalue weighted by molar-refractivity contribution is 0.499. The number of halogens is 3. The molecular weight excluding hydrogens is 349 g/mol. The van der Waals surface area contributed by atoms with E-state index in [4.69, 9.17) is 11.0 Å². The van der Waals surface area contributed by atoms with E-state index in [0.717, 1.165) is 19.3 Å². The van der Waals surface area contributed by atoms with Gasteiger partial charge in [-0.3, -0.25) is 0 Å². The SMILES string of the molecule is CCCCCCCCSc1nc(N)c2c(F)c(C#N)c(F)c(F)c2n1. The number of aromatic nitrogens is 2. The molecule has 0 bridgehead atoms. The first-order valence-electron chi connectivity index (χ1n) is 8.17. The molecule has 8 heteroatoms. The maximum Gasteiger partial charge on any atom is 0.190 e. The van der Waals surface area contributed by atoms with Crippen molar-refractivity contribution in [3.8, 4) is 6.07 Å². The maximum atomic E-state index is 14.2. The molecule has 0 saturated carbocycles. The van der Waals surface area contributed by atoms with Gasteiger partial charge in [0.1, 0.15) is 23.0 Å². The van der Waals surface area contributed by atoms with E-state index in [2.05, 4.69) is 16.9 Å². The Hall–Kier alpha value is -2.01. The van der Waals surface area contributed by atoms with Crippen LogP contribution in [-0.2, 0) is 0 Å². The van der Waals surface area contributed by atoms with Crippen LogP contribution in [0.25, 0.3) is 10.9 Å². The zero-order valence-corrected chi connectivity index (χ0v) is 14.7. The van der Waals surface area contributed by atoms with Crippen LogP contribution in [0.2, 0.25) is 0 Å². The fourth-order valence-electron chi connectivity index (χ4n) is 2.48. The van der Waals surface area contributed by atoms with Gasteiger partial charge in [-0.2, -0.15) is 5.26 Å². The van der Waals surface area contributed by atoms with Crippen molar-refractivity contribution in [1.82, 2.24) is 9.97 Å². The molecular formula is C17H19F3N4S. The molecule has 0 spiro atoms. The van der Waals surface area contributed by atoms with Gasteiger partial charge in [-0.15, -0.1) is 0 Å². The number of hydrogen-bond acceptors (Lipinski definition) is 5. The molecule has 0 atom stereocenters. The largest absolute Gasteiger partial charge is 0.383 e. The average molecular weight is 368 g/mol. The average Bonchev–Trinajstić information content (AvgIpc) is 2.59. The molecule has 1 aromatic heterocycles. The minimum Gasteiger partial charge on any atom is -0.383 e. The van der Waals surface area contributed by atoms with Crippen molar-refractivity contribution in [1.29, 1.82) is 5.26 Å². The van der Waals surface area contributed by atoms with E-state index in [-0.39, 0.29) is 11.0 Å². The summed E-state index contributed by atoms with van der Waals surface area (Å²) in [6, 6.07) is 1.29. The highest BCUT2D eigenvalue weighted by molar-refractivity contribution is 7.99. The Balaban J connectivity index is 2.16. The number of benzene rings is 1. The van der Waals surface area contributed by atoms with Crippen LogP contribution in [0.1, 0.15) is 51.0 Å². The Labute approximate surface area is 148 Å². The molecule has 25 heavy (non-hydrogen) atoms. The van der Waals surface area contributed by atoms with Crippen molar-refractivity contribution >= 4 is 28.5 Å². The van der Waals surface area contributed by atoms with E-state index in [1.165, 1.54) is 37.1 Å². The third-order valence-electron chi connectivity index (χ3n) is 3.82. The number of fused-ring (bicyclic) bond motifs is 1. The topological polar surface area (TPSA) is 75.6 Å². The number of nitriles is 1. The van der Waals surface area contributed by atoms with Gasteiger partial charge >= 0.3 is 0 Å². The monoisotopic (exact) mass is 368 g/mol. The van der Waals surface area contributed by atoms with Gasteiger partial charge < -0.3 is 5.73 Å². The third-order valence-corrected chi connectivity index (χ3v) is 4.75. The van der Waals surface area contributed by atoms with Crippen LogP contribution in [0, 0.1) is 28.8 Å². The molecule has 1 aromatic carbocycles. The summed E-state index contributed by atoms with van der Waals surface area (Å²) >= 11 is 1.26. The smallest absolute Gasteiger partial charge is 0.190 e. The van der Waals surface area contributed by atoms with E-state index >= 15 is 0 Å². The van der Waals surface area contributed by atoms with E-state index in [1.807, 2.05) is 0 Å². The van der Waals surface area contributed by atoms with Crippen LogP contribution in [0.5, 0.6) is 0 Å². The summed E-state index contributed by atoms with van der Waals surface area (Å²) < 4.78 is 42.0. The predicted molar refractivity (Wildman–Crippen MR) is 92.6 cm³/mol. The molecule has 4 nitrogen and oxygen atoms in total. The number of unbranched alkanes of at least 4 members (excludes halogenated alkanes) is 5. The lowest BCUT2D eigenvalue weighted by Gasteiger charge is -2.09. The third kappa shape index (κ3) is 4.34. The second kappa shape index (κ2) is 8.90. The second-order valence-electron chi connectivity index (χ2n) is 5.66. The van der Waals surface area contributed by atoms with Gasteiger partial charge in [-0.05, 0) is 6.42 Å². The fraction of sp³-hybridized carbons (Fsp3) is 0.471. The number of anilines is 1. The molecule has 1 heterocycles. The van der Waals surface area contributed by atoms with Crippen LogP contribution in [0.4, 0.5) is 19.0 Å². The van der Waals surface area contributed by atoms with E-state index in [1.54, 1.807) is 0 Å². The van der Waals surface area contributed by atoms with Gasteiger partial charge in [-0.25, -0.2) is 23.1 Å². The Morgan fingerprint density at radius 3 is 2.36 bits per heavy atom. The van der Waals surface area contributed by atoms with Crippen LogP contribution in [0.3, 0.4) is 0 Å². The van der Waals surface area contributed by atoms with E-state index in [9.17, 15) is 13.2 Å². The molecule has 134 valence electrons. The van der Waals surface area contributed by atoms with Crippen molar-refractivity contribution in [2.45, 2.75) is 50.6 Å². The molecule has 2 rings (SSSR count). The minimum absolute atomic E-state index is 0.168. The van der Waals surface area contributed by atoms with Crippen molar-refractivity contribution in [2.24, 2.45) is 0 Å². The molecule has 2 N–H and O–H groups in total. The molecule has 0 saturated heterocycles. The Bertz CT molecular complexity index is 805. The van der Waals surface area contributed by atoms with E-state index in [0.29, 0.717) is 5.75 Å². The van der Waals surface area contributed by atoms with Crippen LogP contribution in [-0.4, -0.2) is 15.7 Å². The van der Waals surface area contributed by atoms with Crippen LogP contribution >= 0.6 is 11.8 Å². The maximum absolute atomic E-state index is 14.2. The highest BCUT2D eigenvalue weighted by Gasteiger charge is 2.24.